The van der Waals surface area contributed by atoms with Crippen molar-refractivity contribution in [2.24, 2.45) is 23.5 Å². The zero-order valence-electron chi connectivity index (χ0n) is 12.1. The summed E-state index contributed by atoms with van der Waals surface area (Å²) in [6.45, 7) is 4.57. The third kappa shape index (κ3) is 3.57. The maximum Gasteiger partial charge on any atom is 0.137 e. The molecule has 0 amide bonds. The van der Waals surface area contributed by atoms with E-state index in [1.807, 2.05) is 0 Å². The normalized spacial score (nSPS) is 36.3. The van der Waals surface area contributed by atoms with E-state index in [2.05, 4.69) is 13.8 Å². The van der Waals surface area contributed by atoms with Crippen molar-refractivity contribution in [2.75, 3.05) is 0 Å². The van der Waals surface area contributed by atoms with Crippen LogP contribution < -0.4 is 5.73 Å². The van der Waals surface area contributed by atoms with Gasteiger partial charge in [0.15, 0.2) is 0 Å². The van der Waals surface area contributed by atoms with Crippen LogP contribution in [0.25, 0.3) is 0 Å². The molecule has 2 nitrogen and oxygen atoms in total. The lowest BCUT2D eigenvalue weighted by molar-refractivity contribution is -0.126. The zero-order valence-corrected chi connectivity index (χ0v) is 12.1. The van der Waals surface area contributed by atoms with Crippen molar-refractivity contribution in [3.63, 3.8) is 0 Å². The molecule has 2 heteroatoms. The van der Waals surface area contributed by atoms with Crippen LogP contribution in [0, 0.1) is 17.8 Å². The molecular formula is C16H29NO. The highest BCUT2D eigenvalue weighted by molar-refractivity contribution is 5.82. The Hall–Kier alpha value is -0.370. The molecule has 2 aliphatic carbocycles. The van der Waals surface area contributed by atoms with Crippen LogP contribution in [0.15, 0.2) is 0 Å². The molecule has 0 saturated heterocycles. The van der Waals surface area contributed by atoms with E-state index in [0.29, 0.717) is 30.0 Å². The first kappa shape index (κ1) is 14.0. The van der Waals surface area contributed by atoms with E-state index in [0.717, 1.165) is 25.7 Å². The molecule has 18 heavy (non-hydrogen) atoms. The first-order valence-electron chi connectivity index (χ1n) is 7.80. The highest BCUT2D eigenvalue weighted by Crippen LogP contribution is 2.36. The van der Waals surface area contributed by atoms with E-state index in [9.17, 15) is 4.79 Å². The van der Waals surface area contributed by atoms with Crippen LogP contribution in [-0.2, 0) is 4.79 Å². The summed E-state index contributed by atoms with van der Waals surface area (Å²) < 4.78 is 0. The maximum atomic E-state index is 12.5. The summed E-state index contributed by atoms with van der Waals surface area (Å²) >= 11 is 0. The molecule has 0 aromatic heterocycles. The molecule has 0 aromatic rings. The monoisotopic (exact) mass is 251 g/mol. The fraction of sp³-hybridized carbons (Fsp3) is 0.938. The van der Waals surface area contributed by atoms with Crippen molar-refractivity contribution in [1.82, 2.24) is 0 Å². The zero-order chi connectivity index (χ0) is 13.2. The lowest BCUT2D eigenvalue weighted by Gasteiger charge is -2.36. The average molecular weight is 251 g/mol. The Kier molecular flexibility index (Phi) is 4.47. The van der Waals surface area contributed by atoms with Crippen molar-refractivity contribution in [1.29, 1.82) is 0 Å². The molecule has 2 saturated carbocycles. The number of nitrogens with two attached hydrogens (primary N) is 1. The average Bonchev–Trinajstić information content (AvgIpc) is 2.28. The smallest absolute Gasteiger partial charge is 0.137 e. The first-order valence-corrected chi connectivity index (χ1v) is 7.80. The van der Waals surface area contributed by atoms with Gasteiger partial charge in [-0.15, -0.1) is 0 Å². The second kappa shape index (κ2) is 5.73. The fourth-order valence-corrected chi connectivity index (χ4v) is 4.13. The number of carbonyl (C=O) groups excluding carboxylic acids is 1. The molecule has 2 atom stereocenters. The number of hydrogen-bond acceptors (Lipinski definition) is 2. The number of carbonyl (C=O) groups is 1. The molecule has 0 bridgehead atoms. The highest BCUT2D eigenvalue weighted by atomic mass is 16.1. The minimum absolute atomic E-state index is 0.167. The predicted molar refractivity (Wildman–Crippen MR) is 75.3 cm³/mol. The maximum absolute atomic E-state index is 12.5. The van der Waals surface area contributed by atoms with Gasteiger partial charge < -0.3 is 5.73 Å². The van der Waals surface area contributed by atoms with Gasteiger partial charge in [0.25, 0.3) is 0 Å². The Morgan fingerprint density at radius 3 is 2.17 bits per heavy atom. The van der Waals surface area contributed by atoms with Crippen LogP contribution in [0.1, 0.15) is 71.6 Å². The van der Waals surface area contributed by atoms with Gasteiger partial charge in [-0.2, -0.15) is 0 Å². The summed E-state index contributed by atoms with van der Waals surface area (Å²) in [6.07, 6.45) is 9.94. The summed E-state index contributed by atoms with van der Waals surface area (Å²) in [4.78, 5) is 12.5. The molecule has 2 fully saturated rings. The minimum Gasteiger partial charge on any atom is -0.325 e. The van der Waals surface area contributed by atoms with Crippen molar-refractivity contribution >= 4 is 5.78 Å². The Labute approximate surface area is 112 Å². The van der Waals surface area contributed by atoms with E-state index in [4.69, 9.17) is 5.73 Å². The van der Waals surface area contributed by atoms with E-state index in [1.54, 1.807) is 0 Å². The Balaban J connectivity index is 1.90. The minimum atomic E-state index is -0.167. The highest BCUT2D eigenvalue weighted by Gasteiger charge is 2.35. The topological polar surface area (TPSA) is 43.1 Å². The summed E-state index contributed by atoms with van der Waals surface area (Å²) in [7, 11) is 0. The molecule has 0 spiro atoms. The molecule has 2 unspecified atom stereocenters. The van der Waals surface area contributed by atoms with E-state index >= 15 is 0 Å². The lowest BCUT2D eigenvalue weighted by Crippen LogP contribution is -2.45. The molecule has 2 N–H and O–H groups in total. The number of ketones is 1. The summed E-state index contributed by atoms with van der Waals surface area (Å²) in [6, 6.07) is 0. The Bertz CT molecular complexity index is 283. The van der Waals surface area contributed by atoms with Crippen LogP contribution in [-0.4, -0.2) is 11.3 Å². The van der Waals surface area contributed by atoms with Gasteiger partial charge in [-0.05, 0) is 43.9 Å². The number of hydrogen-bond donors (Lipinski definition) is 1. The first-order chi connectivity index (χ1) is 8.48. The quantitative estimate of drug-likeness (QED) is 0.831. The van der Waals surface area contributed by atoms with Crippen LogP contribution in [0.3, 0.4) is 0 Å². The van der Waals surface area contributed by atoms with Gasteiger partial charge in [0, 0.05) is 17.9 Å². The summed E-state index contributed by atoms with van der Waals surface area (Å²) in [5.41, 5.74) is 6.25. The van der Waals surface area contributed by atoms with Gasteiger partial charge >= 0.3 is 0 Å². The molecule has 0 aliphatic heterocycles. The van der Waals surface area contributed by atoms with Crippen LogP contribution in [0.5, 0.6) is 0 Å². The van der Waals surface area contributed by atoms with Crippen LogP contribution in [0.2, 0.25) is 0 Å². The van der Waals surface area contributed by atoms with Crippen molar-refractivity contribution in [2.45, 2.75) is 77.2 Å². The van der Waals surface area contributed by atoms with E-state index in [1.165, 1.54) is 25.7 Å². The molecular weight excluding hydrogens is 222 g/mol. The van der Waals surface area contributed by atoms with Gasteiger partial charge in [-0.25, -0.2) is 0 Å². The fourth-order valence-electron chi connectivity index (χ4n) is 4.13. The van der Waals surface area contributed by atoms with Gasteiger partial charge in [0.2, 0.25) is 0 Å². The Morgan fingerprint density at radius 1 is 1.06 bits per heavy atom. The van der Waals surface area contributed by atoms with Gasteiger partial charge in [-0.1, -0.05) is 33.1 Å². The Morgan fingerprint density at radius 2 is 1.61 bits per heavy atom. The molecule has 104 valence electrons. The number of rotatable bonds is 3. The summed E-state index contributed by atoms with van der Waals surface area (Å²) in [5, 5.41) is 0. The molecule has 0 radical (unpaired) electrons. The molecule has 0 aromatic carbocycles. The standard InChI is InChI=1S/C16H29NO/c1-12-8-13(2)10-14(9-12)15(18)11-16(17)6-4-3-5-7-16/h12-14H,3-11,17H2,1-2H3. The van der Waals surface area contributed by atoms with Crippen molar-refractivity contribution < 1.29 is 4.79 Å². The number of Topliss-reactive ketones (excluding diaryl/α,β-unsaturated/α-hetero) is 1. The largest absolute Gasteiger partial charge is 0.325 e. The third-order valence-electron chi connectivity index (χ3n) is 5.01. The molecule has 2 rings (SSSR count). The SMILES string of the molecule is CC1CC(C)CC(C(=O)CC2(N)CCCCC2)C1. The van der Waals surface area contributed by atoms with Crippen LogP contribution >= 0.6 is 0 Å². The summed E-state index contributed by atoms with van der Waals surface area (Å²) in [5.74, 6) is 2.18. The molecule has 0 heterocycles. The van der Waals surface area contributed by atoms with Gasteiger partial charge in [0.1, 0.15) is 5.78 Å². The van der Waals surface area contributed by atoms with Crippen molar-refractivity contribution in [3.8, 4) is 0 Å². The van der Waals surface area contributed by atoms with Crippen molar-refractivity contribution in [3.05, 3.63) is 0 Å². The van der Waals surface area contributed by atoms with E-state index < -0.39 is 0 Å². The van der Waals surface area contributed by atoms with Crippen LogP contribution in [0.4, 0.5) is 0 Å². The predicted octanol–water partition coefficient (Wildman–Crippen LogP) is 3.68. The third-order valence-corrected chi connectivity index (χ3v) is 5.01. The van der Waals surface area contributed by atoms with Gasteiger partial charge in [0.05, 0.1) is 0 Å². The second-order valence-electron chi connectivity index (χ2n) is 7.18. The van der Waals surface area contributed by atoms with E-state index in [-0.39, 0.29) is 5.54 Å². The lowest BCUT2D eigenvalue weighted by atomic mass is 9.71. The molecule has 2 aliphatic rings. The van der Waals surface area contributed by atoms with Gasteiger partial charge in [-0.3, -0.25) is 4.79 Å². The second-order valence-corrected chi connectivity index (χ2v) is 7.18.